The SMILES string of the molecule is Cl.NC(CNC(=O)CCn1cnc2sccc2c1=O)C1CC1. The molecule has 0 radical (unpaired) electrons. The summed E-state index contributed by atoms with van der Waals surface area (Å²) < 4.78 is 1.48. The normalized spacial score (nSPS) is 15.3. The number of halogens is 1. The molecule has 8 heteroatoms. The van der Waals surface area contributed by atoms with Crippen LogP contribution < -0.4 is 16.6 Å². The second-order valence-corrected chi connectivity index (χ2v) is 6.33. The number of hydrogen-bond donors (Lipinski definition) is 2. The molecule has 3 rings (SSSR count). The minimum atomic E-state index is -0.0938. The lowest BCUT2D eigenvalue weighted by Gasteiger charge is -2.11. The van der Waals surface area contributed by atoms with E-state index in [2.05, 4.69) is 10.3 Å². The molecule has 6 nitrogen and oxygen atoms in total. The van der Waals surface area contributed by atoms with Crippen molar-refractivity contribution in [1.29, 1.82) is 0 Å². The molecule has 1 saturated carbocycles. The Labute approximate surface area is 138 Å². The highest BCUT2D eigenvalue weighted by Crippen LogP contribution is 2.31. The smallest absolute Gasteiger partial charge is 0.262 e. The van der Waals surface area contributed by atoms with Gasteiger partial charge in [0.2, 0.25) is 5.91 Å². The van der Waals surface area contributed by atoms with Gasteiger partial charge in [0.25, 0.3) is 5.56 Å². The van der Waals surface area contributed by atoms with Gasteiger partial charge < -0.3 is 11.1 Å². The number of rotatable bonds is 6. The van der Waals surface area contributed by atoms with E-state index in [-0.39, 0.29) is 36.3 Å². The van der Waals surface area contributed by atoms with Crippen LogP contribution in [0.15, 0.2) is 22.6 Å². The summed E-state index contributed by atoms with van der Waals surface area (Å²) in [4.78, 5) is 28.9. The fraction of sp³-hybridized carbons (Fsp3) is 0.500. The standard InChI is InChI=1S/C14H18N4O2S.ClH/c15-11(9-1-2-9)7-16-12(19)3-5-18-8-17-13-10(14(18)20)4-6-21-13;/h4,6,8-9,11H,1-3,5,7,15H2,(H,16,19);1H. The van der Waals surface area contributed by atoms with Gasteiger partial charge in [-0.05, 0) is 30.2 Å². The van der Waals surface area contributed by atoms with Crippen molar-refractivity contribution in [2.24, 2.45) is 11.7 Å². The van der Waals surface area contributed by atoms with Gasteiger partial charge in [0.15, 0.2) is 0 Å². The molecule has 1 amide bonds. The Balaban J connectivity index is 0.00000176. The lowest BCUT2D eigenvalue weighted by Crippen LogP contribution is -2.39. The average Bonchev–Trinajstić information content (AvgIpc) is 3.22. The Hall–Kier alpha value is -1.44. The lowest BCUT2D eigenvalue weighted by atomic mass is 10.2. The molecule has 1 aliphatic carbocycles. The molecule has 0 spiro atoms. The van der Waals surface area contributed by atoms with Gasteiger partial charge in [-0.3, -0.25) is 14.2 Å². The van der Waals surface area contributed by atoms with E-state index in [1.54, 1.807) is 6.07 Å². The second kappa shape index (κ2) is 7.21. The molecule has 2 aromatic rings. The number of hydrogen-bond acceptors (Lipinski definition) is 5. The Morgan fingerprint density at radius 1 is 1.55 bits per heavy atom. The minimum Gasteiger partial charge on any atom is -0.354 e. The van der Waals surface area contributed by atoms with Crippen molar-refractivity contribution in [2.75, 3.05) is 6.54 Å². The predicted molar refractivity (Wildman–Crippen MR) is 89.5 cm³/mol. The highest BCUT2D eigenvalue weighted by Gasteiger charge is 2.28. The van der Waals surface area contributed by atoms with E-state index < -0.39 is 0 Å². The van der Waals surface area contributed by atoms with Crippen molar-refractivity contribution in [2.45, 2.75) is 31.8 Å². The molecule has 1 fully saturated rings. The van der Waals surface area contributed by atoms with Gasteiger partial charge >= 0.3 is 0 Å². The summed E-state index contributed by atoms with van der Waals surface area (Å²) in [5.41, 5.74) is 5.84. The summed E-state index contributed by atoms with van der Waals surface area (Å²) in [6, 6.07) is 1.82. The maximum atomic E-state index is 12.1. The summed E-state index contributed by atoms with van der Waals surface area (Å²) in [5.74, 6) is 0.488. The summed E-state index contributed by atoms with van der Waals surface area (Å²) in [5, 5.41) is 5.28. The van der Waals surface area contributed by atoms with Crippen LogP contribution in [0.3, 0.4) is 0 Å². The first-order valence-corrected chi connectivity index (χ1v) is 7.98. The molecule has 2 heterocycles. The van der Waals surface area contributed by atoms with Crippen molar-refractivity contribution in [3.8, 4) is 0 Å². The van der Waals surface area contributed by atoms with E-state index in [1.807, 2.05) is 5.38 Å². The highest BCUT2D eigenvalue weighted by molar-refractivity contribution is 7.16. The first-order valence-electron chi connectivity index (χ1n) is 7.10. The molecule has 1 unspecified atom stereocenters. The zero-order valence-electron chi connectivity index (χ0n) is 12.0. The van der Waals surface area contributed by atoms with Gasteiger partial charge in [-0.1, -0.05) is 0 Å². The number of fused-ring (bicyclic) bond motifs is 1. The van der Waals surface area contributed by atoms with E-state index >= 15 is 0 Å². The molecule has 2 aromatic heterocycles. The number of nitrogens with zero attached hydrogens (tertiary/aromatic N) is 2. The molecule has 1 atom stereocenters. The molecule has 0 aromatic carbocycles. The molecule has 0 saturated heterocycles. The number of nitrogens with two attached hydrogens (primary N) is 1. The van der Waals surface area contributed by atoms with Gasteiger partial charge in [-0.25, -0.2) is 4.98 Å². The topological polar surface area (TPSA) is 90.0 Å². The van der Waals surface area contributed by atoms with Gasteiger partial charge in [0, 0.05) is 25.6 Å². The predicted octanol–water partition coefficient (Wildman–Crippen LogP) is 1.12. The number of nitrogens with one attached hydrogen (secondary N) is 1. The van der Waals surface area contributed by atoms with Crippen LogP contribution in [0.2, 0.25) is 0 Å². The molecular formula is C14H19ClN4O2S. The van der Waals surface area contributed by atoms with Gasteiger partial charge in [-0.2, -0.15) is 0 Å². The first kappa shape index (κ1) is 16.9. The molecule has 120 valence electrons. The fourth-order valence-corrected chi connectivity index (χ4v) is 3.01. The second-order valence-electron chi connectivity index (χ2n) is 5.44. The van der Waals surface area contributed by atoms with E-state index in [0.29, 0.717) is 24.4 Å². The largest absolute Gasteiger partial charge is 0.354 e. The van der Waals surface area contributed by atoms with Crippen molar-refractivity contribution in [3.05, 3.63) is 28.1 Å². The van der Waals surface area contributed by atoms with Crippen LogP contribution in [0.4, 0.5) is 0 Å². The number of aryl methyl sites for hydroxylation is 1. The van der Waals surface area contributed by atoms with Crippen LogP contribution >= 0.6 is 23.7 Å². The van der Waals surface area contributed by atoms with E-state index in [1.165, 1.54) is 35.1 Å². The summed E-state index contributed by atoms with van der Waals surface area (Å²) >= 11 is 1.44. The number of aromatic nitrogens is 2. The third-order valence-electron chi connectivity index (χ3n) is 3.79. The van der Waals surface area contributed by atoms with E-state index in [4.69, 9.17) is 5.73 Å². The van der Waals surface area contributed by atoms with Crippen LogP contribution in [0, 0.1) is 5.92 Å². The van der Waals surface area contributed by atoms with E-state index in [0.717, 1.165) is 4.83 Å². The Morgan fingerprint density at radius 2 is 2.32 bits per heavy atom. The average molecular weight is 343 g/mol. The zero-order chi connectivity index (χ0) is 14.8. The van der Waals surface area contributed by atoms with Gasteiger partial charge in [0.1, 0.15) is 4.83 Å². The summed E-state index contributed by atoms with van der Waals surface area (Å²) in [6.45, 7) is 0.850. The maximum absolute atomic E-state index is 12.1. The lowest BCUT2D eigenvalue weighted by molar-refractivity contribution is -0.121. The molecule has 0 bridgehead atoms. The maximum Gasteiger partial charge on any atom is 0.262 e. The van der Waals surface area contributed by atoms with E-state index in [9.17, 15) is 9.59 Å². The number of thiophene rings is 1. The van der Waals surface area contributed by atoms with Crippen molar-refractivity contribution >= 4 is 39.9 Å². The third kappa shape index (κ3) is 3.85. The molecule has 0 aliphatic heterocycles. The van der Waals surface area contributed by atoms with Crippen LogP contribution in [0.5, 0.6) is 0 Å². The Bertz CT molecular complexity index is 710. The number of amides is 1. The van der Waals surface area contributed by atoms with Crippen molar-refractivity contribution < 1.29 is 4.79 Å². The summed E-state index contributed by atoms with van der Waals surface area (Å²) in [6.07, 6.45) is 4.09. The van der Waals surface area contributed by atoms with Crippen LogP contribution in [-0.2, 0) is 11.3 Å². The third-order valence-corrected chi connectivity index (χ3v) is 4.61. The summed E-state index contributed by atoms with van der Waals surface area (Å²) in [7, 11) is 0. The molecule has 1 aliphatic rings. The number of carbonyl (C=O) groups excluding carboxylic acids is 1. The van der Waals surface area contributed by atoms with Crippen molar-refractivity contribution in [3.63, 3.8) is 0 Å². The molecular weight excluding hydrogens is 324 g/mol. The quantitative estimate of drug-likeness (QED) is 0.823. The monoisotopic (exact) mass is 342 g/mol. The minimum absolute atomic E-state index is 0. The van der Waals surface area contributed by atoms with Crippen molar-refractivity contribution in [1.82, 2.24) is 14.9 Å². The highest BCUT2D eigenvalue weighted by atomic mass is 35.5. The van der Waals surface area contributed by atoms with Gasteiger partial charge in [-0.15, -0.1) is 23.7 Å². The van der Waals surface area contributed by atoms with Crippen LogP contribution in [-0.4, -0.2) is 28.0 Å². The number of carbonyl (C=O) groups is 1. The molecule has 22 heavy (non-hydrogen) atoms. The first-order chi connectivity index (χ1) is 10.1. The molecule has 3 N–H and O–H groups in total. The Kier molecular flexibility index (Phi) is 5.55. The zero-order valence-corrected chi connectivity index (χ0v) is 13.7. The Morgan fingerprint density at radius 3 is 3.05 bits per heavy atom. The fourth-order valence-electron chi connectivity index (χ4n) is 2.29. The van der Waals surface area contributed by atoms with Crippen LogP contribution in [0.1, 0.15) is 19.3 Å². The van der Waals surface area contributed by atoms with Gasteiger partial charge in [0.05, 0.1) is 11.7 Å². The van der Waals surface area contributed by atoms with Crippen LogP contribution in [0.25, 0.3) is 10.2 Å².